The van der Waals surface area contributed by atoms with Crippen LogP contribution in [0.5, 0.6) is 0 Å². The molecule has 0 fully saturated rings. The highest BCUT2D eigenvalue weighted by molar-refractivity contribution is 9.10. The third kappa shape index (κ3) is 2.97. The number of fused-ring (bicyclic) bond motifs is 1. The van der Waals surface area contributed by atoms with E-state index in [9.17, 15) is 10.1 Å². The number of nitrogens with one attached hydrogen (secondary N) is 1. The van der Waals surface area contributed by atoms with Crippen LogP contribution in [0.25, 0.3) is 10.9 Å². The number of nitrogens with zero attached hydrogens (tertiary/aromatic N) is 2. The summed E-state index contributed by atoms with van der Waals surface area (Å²) < 4.78 is 0.974. The average Bonchev–Trinajstić information content (AvgIpc) is 2.50. The molecule has 0 spiro atoms. The van der Waals surface area contributed by atoms with Gasteiger partial charge in [-0.2, -0.15) is 0 Å². The van der Waals surface area contributed by atoms with Gasteiger partial charge >= 0.3 is 0 Å². The monoisotopic (exact) mass is 385 g/mol. The SMILES string of the molecule is Cc1cc(Nc2ccc(Br)cc2)c2c([N+](=O)[O-])c(C)cc(C)c2n1. The minimum absolute atomic E-state index is 0.0997. The number of aromatic nitrogens is 1. The van der Waals surface area contributed by atoms with Gasteiger partial charge in [-0.25, -0.2) is 0 Å². The third-order valence-corrected chi connectivity index (χ3v) is 4.40. The molecule has 0 aliphatic carbocycles. The summed E-state index contributed by atoms with van der Waals surface area (Å²) in [4.78, 5) is 15.8. The number of hydrogen-bond acceptors (Lipinski definition) is 4. The van der Waals surface area contributed by atoms with Crippen molar-refractivity contribution in [1.82, 2.24) is 4.98 Å². The van der Waals surface area contributed by atoms with E-state index in [0.717, 1.165) is 21.4 Å². The summed E-state index contributed by atoms with van der Waals surface area (Å²) in [5.41, 5.74) is 4.68. The number of benzene rings is 2. The molecular formula is C18H16BrN3O2. The first-order valence-corrected chi connectivity index (χ1v) is 8.24. The fourth-order valence-electron chi connectivity index (χ4n) is 2.88. The Labute approximate surface area is 148 Å². The van der Waals surface area contributed by atoms with Crippen molar-refractivity contribution >= 4 is 43.9 Å². The number of nitro groups is 1. The Morgan fingerprint density at radius 3 is 2.38 bits per heavy atom. The number of aryl methyl sites for hydroxylation is 3. The molecule has 3 rings (SSSR count). The smallest absolute Gasteiger partial charge is 0.283 e. The zero-order chi connectivity index (χ0) is 17.4. The molecule has 0 bridgehead atoms. The van der Waals surface area contributed by atoms with Crippen molar-refractivity contribution in [2.75, 3.05) is 5.32 Å². The van der Waals surface area contributed by atoms with E-state index in [1.165, 1.54) is 0 Å². The van der Waals surface area contributed by atoms with E-state index in [-0.39, 0.29) is 10.6 Å². The normalized spacial score (nSPS) is 10.8. The van der Waals surface area contributed by atoms with Crippen molar-refractivity contribution in [3.05, 3.63) is 67.8 Å². The van der Waals surface area contributed by atoms with Gasteiger partial charge in [0.2, 0.25) is 0 Å². The molecule has 2 aromatic carbocycles. The molecule has 0 aliphatic rings. The highest BCUT2D eigenvalue weighted by Crippen LogP contribution is 2.37. The summed E-state index contributed by atoms with van der Waals surface area (Å²) >= 11 is 3.40. The van der Waals surface area contributed by atoms with Crippen molar-refractivity contribution in [3.8, 4) is 0 Å². The second kappa shape index (κ2) is 6.20. The highest BCUT2D eigenvalue weighted by atomic mass is 79.9. The van der Waals surface area contributed by atoms with Gasteiger partial charge in [0.05, 0.1) is 16.1 Å². The molecule has 0 saturated heterocycles. The lowest BCUT2D eigenvalue weighted by atomic mass is 10.0. The Balaban J connectivity index is 2.29. The maximum Gasteiger partial charge on any atom is 0.283 e. The van der Waals surface area contributed by atoms with Gasteiger partial charge in [0.15, 0.2) is 0 Å². The first kappa shape index (κ1) is 16.4. The highest BCUT2D eigenvalue weighted by Gasteiger charge is 2.22. The Morgan fingerprint density at radius 1 is 1.08 bits per heavy atom. The Bertz CT molecular complexity index is 953. The van der Waals surface area contributed by atoms with E-state index in [0.29, 0.717) is 22.2 Å². The summed E-state index contributed by atoms with van der Waals surface area (Å²) in [6.45, 7) is 5.57. The Hall–Kier alpha value is -2.47. The van der Waals surface area contributed by atoms with Crippen LogP contribution in [0.2, 0.25) is 0 Å². The summed E-state index contributed by atoms with van der Waals surface area (Å²) in [7, 11) is 0. The maximum absolute atomic E-state index is 11.6. The predicted molar refractivity (Wildman–Crippen MR) is 100 cm³/mol. The molecule has 0 amide bonds. The van der Waals surface area contributed by atoms with E-state index >= 15 is 0 Å². The summed E-state index contributed by atoms with van der Waals surface area (Å²) in [5, 5.41) is 15.5. The first-order valence-electron chi connectivity index (χ1n) is 7.45. The lowest BCUT2D eigenvalue weighted by molar-refractivity contribution is -0.383. The van der Waals surface area contributed by atoms with Crippen LogP contribution in [-0.4, -0.2) is 9.91 Å². The topological polar surface area (TPSA) is 68.1 Å². The van der Waals surface area contributed by atoms with E-state index < -0.39 is 0 Å². The molecule has 1 heterocycles. The quantitative estimate of drug-likeness (QED) is 0.472. The average molecular weight is 386 g/mol. The van der Waals surface area contributed by atoms with Crippen LogP contribution >= 0.6 is 15.9 Å². The summed E-state index contributed by atoms with van der Waals surface area (Å²) in [6, 6.07) is 11.3. The van der Waals surface area contributed by atoms with E-state index in [4.69, 9.17) is 0 Å². The Morgan fingerprint density at radius 2 is 1.75 bits per heavy atom. The summed E-state index contributed by atoms with van der Waals surface area (Å²) in [6.07, 6.45) is 0. The van der Waals surface area contributed by atoms with Crippen LogP contribution in [0, 0.1) is 30.9 Å². The van der Waals surface area contributed by atoms with Crippen molar-refractivity contribution < 1.29 is 4.92 Å². The second-order valence-corrected chi connectivity index (χ2v) is 6.70. The zero-order valence-electron chi connectivity index (χ0n) is 13.6. The molecule has 0 saturated carbocycles. The third-order valence-electron chi connectivity index (χ3n) is 3.87. The molecule has 0 atom stereocenters. The molecule has 3 aromatic rings. The van der Waals surface area contributed by atoms with Gasteiger partial charge in [-0.1, -0.05) is 15.9 Å². The maximum atomic E-state index is 11.6. The van der Waals surface area contributed by atoms with Crippen LogP contribution in [-0.2, 0) is 0 Å². The number of rotatable bonds is 3. The number of nitro benzene ring substituents is 1. The molecular weight excluding hydrogens is 370 g/mol. The second-order valence-electron chi connectivity index (χ2n) is 5.78. The van der Waals surface area contributed by atoms with Crippen molar-refractivity contribution in [2.45, 2.75) is 20.8 Å². The molecule has 122 valence electrons. The summed E-state index contributed by atoms with van der Waals surface area (Å²) in [5.74, 6) is 0. The van der Waals surface area contributed by atoms with Gasteiger partial charge in [-0.05, 0) is 62.7 Å². The van der Waals surface area contributed by atoms with Crippen LogP contribution < -0.4 is 5.32 Å². The number of hydrogen-bond donors (Lipinski definition) is 1. The van der Waals surface area contributed by atoms with E-state index in [1.54, 1.807) is 6.92 Å². The predicted octanol–water partition coefficient (Wildman–Crippen LogP) is 5.57. The van der Waals surface area contributed by atoms with Gasteiger partial charge in [0.25, 0.3) is 5.69 Å². The van der Waals surface area contributed by atoms with Crippen LogP contribution in [0.1, 0.15) is 16.8 Å². The van der Waals surface area contributed by atoms with Crippen LogP contribution in [0.15, 0.2) is 40.9 Å². The number of pyridine rings is 1. The van der Waals surface area contributed by atoms with Gasteiger partial charge in [0.1, 0.15) is 5.39 Å². The van der Waals surface area contributed by atoms with Gasteiger partial charge in [-0.3, -0.25) is 15.1 Å². The number of anilines is 2. The fraction of sp³-hybridized carbons (Fsp3) is 0.167. The largest absolute Gasteiger partial charge is 0.355 e. The Kier molecular flexibility index (Phi) is 4.24. The molecule has 1 N–H and O–H groups in total. The molecule has 24 heavy (non-hydrogen) atoms. The van der Waals surface area contributed by atoms with Crippen molar-refractivity contribution in [3.63, 3.8) is 0 Å². The standard InChI is InChI=1S/C18H16BrN3O2/c1-10-8-11(2)18(22(23)24)16-15(9-12(3)20-17(10)16)21-14-6-4-13(19)5-7-14/h4-9H,1-3H3,(H,20,21). The van der Waals surface area contributed by atoms with Crippen LogP contribution in [0.4, 0.5) is 17.1 Å². The fourth-order valence-corrected chi connectivity index (χ4v) is 3.14. The minimum atomic E-state index is -0.332. The van der Waals surface area contributed by atoms with Gasteiger partial charge in [-0.15, -0.1) is 0 Å². The van der Waals surface area contributed by atoms with Crippen molar-refractivity contribution in [1.29, 1.82) is 0 Å². The zero-order valence-corrected chi connectivity index (χ0v) is 15.1. The minimum Gasteiger partial charge on any atom is -0.355 e. The lowest BCUT2D eigenvalue weighted by Gasteiger charge is -2.14. The molecule has 0 unspecified atom stereocenters. The van der Waals surface area contributed by atoms with Gasteiger partial charge < -0.3 is 5.32 Å². The van der Waals surface area contributed by atoms with Crippen LogP contribution in [0.3, 0.4) is 0 Å². The first-order chi connectivity index (χ1) is 11.4. The molecule has 5 nitrogen and oxygen atoms in total. The van der Waals surface area contributed by atoms with Gasteiger partial charge in [0, 0.05) is 21.4 Å². The van der Waals surface area contributed by atoms with Crippen molar-refractivity contribution in [2.24, 2.45) is 0 Å². The van der Waals surface area contributed by atoms with E-state index in [2.05, 4.69) is 26.2 Å². The number of halogens is 1. The van der Waals surface area contributed by atoms with E-state index in [1.807, 2.05) is 50.2 Å². The molecule has 6 heteroatoms. The molecule has 0 radical (unpaired) electrons. The lowest BCUT2D eigenvalue weighted by Crippen LogP contribution is -2.01. The molecule has 0 aliphatic heterocycles. The molecule has 1 aromatic heterocycles.